The summed E-state index contributed by atoms with van der Waals surface area (Å²) in [6.07, 6.45) is 6.83. The molecule has 0 aromatic carbocycles. The lowest BCUT2D eigenvalue weighted by molar-refractivity contribution is -0.117. The molecule has 2 heterocycles. The number of aromatic nitrogens is 2. The van der Waals surface area contributed by atoms with Gasteiger partial charge in [0.25, 0.3) is 0 Å². The van der Waals surface area contributed by atoms with Crippen LogP contribution in [0.25, 0.3) is 0 Å². The molecule has 1 aromatic heterocycles. The number of terminal acetylenes is 1. The van der Waals surface area contributed by atoms with Crippen molar-refractivity contribution in [3.63, 3.8) is 0 Å². The maximum atomic E-state index is 11.7. The summed E-state index contributed by atoms with van der Waals surface area (Å²) in [5, 5.41) is 0.317. The smallest absolute Gasteiger partial charge is 0.228 e. The zero-order valence-electron chi connectivity index (χ0n) is 8.15. The van der Waals surface area contributed by atoms with Gasteiger partial charge in [-0.05, 0) is 0 Å². The minimum Gasteiger partial charge on any atom is -0.306 e. The van der Waals surface area contributed by atoms with Crippen LogP contribution < -0.4 is 4.90 Å². The van der Waals surface area contributed by atoms with Gasteiger partial charge in [0.05, 0.1) is 0 Å². The molecule has 0 saturated carbocycles. The number of carbonyl (C=O) groups is 1. The van der Waals surface area contributed by atoms with Crippen molar-refractivity contribution in [2.24, 2.45) is 5.92 Å². The number of amides is 1. The standard InChI is InChI=1S/C10H7Cl2N3O/c1-2-6-3-7(16)15(4-6)8-9(11)13-5-14-10(8)12/h1,5-6H,3-4H2. The first-order valence-corrected chi connectivity index (χ1v) is 5.31. The van der Waals surface area contributed by atoms with Gasteiger partial charge in [-0.1, -0.05) is 23.2 Å². The van der Waals surface area contributed by atoms with Gasteiger partial charge in [-0.3, -0.25) is 4.79 Å². The Balaban J connectivity index is 2.39. The molecule has 16 heavy (non-hydrogen) atoms. The van der Waals surface area contributed by atoms with Gasteiger partial charge in [-0.25, -0.2) is 9.97 Å². The predicted molar refractivity (Wildman–Crippen MR) is 61.3 cm³/mol. The zero-order valence-corrected chi connectivity index (χ0v) is 9.66. The fourth-order valence-electron chi connectivity index (χ4n) is 1.60. The number of nitrogens with zero attached hydrogens (tertiary/aromatic N) is 3. The molecule has 1 aromatic rings. The van der Waals surface area contributed by atoms with Crippen LogP contribution in [0.4, 0.5) is 5.69 Å². The van der Waals surface area contributed by atoms with Gasteiger partial charge < -0.3 is 4.90 Å². The van der Waals surface area contributed by atoms with Gasteiger partial charge in [-0.2, -0.15) is 0 Å². The summed E-state index contributed by atoms with van der Waals surface area (Å²) in [5.41, 5.74) is 0.341. The number of halogens is 2. The van der Waals surface area contributed by atoms with Gasteiger partial charge in [0, 0.05) is 18.9 Å². The van der Waals surface area contributed by atoms with Crippen LogP contribution in [0, 0.1) is 18.3 Å². The van der Waals surface area contributed by atoms with Crippen LogP contribution in [0.3, 0.4) is 0 Å². The zero-order chi connectivity index (χ0) is 11.7. The highest BCUT2D eigenvalue weighted by atomic mass is 35.5. The van der Waals surface area contributed by atoms with E-state index in [1.54, 1.807) is 0 Å². The van der Waals surface area contributed by atoms with Crippen molar-refractivity contribution in [2.75, 3.05) is 11.4 Å². The average molecular weight is 256 g/mol. The van der Waals surface area contributed by atoms with Gasteiger partial charge >= 0.3 is 0 Å². The lowest BCUT2D eigenvalue weighted by Gasteiger charge is -2.17. The molecule has 1 unspecified atom stereocenters. The topological polar surface area (TPSA) is 46.1 Å². The number of hydrogen-bond donors (Lipinski definition) is 0. The third kappa shape index (κ3) is 1.84. The third-order valence-electron chi connectivity index (χ3n) is 2.36. The van der Waals surface area contributed by atoms with Crippen molar-refractivity contribution in [2.45, 2.75) is 6.42 Å². The van der Waals surface area contributed by atoms with Crippen molar-refractivity contribution in [3.05, 3.63) is 16.6 Å². The molecule has 1 amide bonds. The molecular formula is C10H7Cl2N3O. The molecule has 1 atom stereocenters. The number of rotatable bonds is 1. The minimum atomic E-state index is -0.111. The molecule has 82 valence electrons. The molecule has 2 rings (SSSR count). The molecule has 0 radical (unpaired) electrons. The molecule has 1 saturated heterocycles. The second-order valence-electron chi connectivity index (χ2n) is 3.38. The molecule has 1 aliphatic heterocycles. The molecular weight excluding hydrogens is 249 g/mol. The fourth-order valence-corrected chi connectivity index (χ4v) is 2.11. The number of anilines is 1. The molecule has 0 N–H and O–H groups in total. The molecule has 1 fully saturated rings. The minimum absolute atomic E-state index is 0.110. The quantitative estimate of drug-likeness (QED) is 0.568. The highest BCUT2D eigenvalue weighted by Gasteiger charge is 2.32. The highest BCUT2D eigenvalue weighted by molar-refractivity contribution is 6.38. The predicted octanol–water partition coefficient (Wildman–Crippen LogP) is 1.77. The SMILES string of the molecule is C#CC1CC(=O)N(c2c(Cl)ncnc2Cl)C1. The van der Waals surface area contributed by atoms with Crippen LogP contribution in [0.5, 0.6) is 0 Å². The summed E-state index contributed by atoms with van der Waals surface area (Å²) in [5.74, 6) is 2.32. The monoisotopic (exact) mass is 255 g/mol. The van der Waals surface area contributed by atoms with Gasteiger partial charge in [0.15, 0.2) is 10.3 Å². The lowest BCUT2D eigenvalue weighted by Crippen LogP contribution is -2.25. The van der Waals surface area contributed by atoms with Crippen LogP contribution in [0.15, 0.2) is 6.33 Å². The molecule has 4 nitrogen and oxygen atoms in total. The van der Waals surface area contributed by atoms with Crippen LogP contribution in [-0.2, 0) is 4.79 Å². The maximum absolute atomic E-state index is 11.7. The van der Waals surface area contributed by atoms with E-state index < -0.39 is 0 Å². The van der Waals surface area contributed by atoms with Crippen molar-refractivity contribution in [3.8, 4) is 12.3 Å². The Morgan fingerprint density at radius 2 is 2.06 bits per heavy atom. The van der Waals surface area contributed by atoms with Crippen LogP contribution in [0.1, 0.15) is 6.42 Å². The van der Waals surface area contributed by atoms with E-state index in [4.69, 9.17) is 29.6 Å². The van der Waals surface area contributed by atoms with Crippen molar-refractivity contribution >= 4 is 34.8 Å². The maximum Gasteiger partial charge on any atom is 0.228 e. The summed E-state index contributed by atoms with van der Waals surface area (Å²) in [7, 11) is 0. The number of carbonyl (C=O) groups excluding carboxylic acids is 1. The van der Waals surface area contributed by atoms with E-state index in [0.717, 1.165) is 0 Å². The van der Waals surface area contributed by atoms with E-state index in [9.17, 15) is 4.79 Å². The second kappa shape index (κ2) is 4.28. The van der Waals surface area contributed by atoms with Crippen LogP contribution in [0.2, 0.25) is 10.3 Å². The van der Waals surface area contributed by atoms with Crippen molar-refractivity contribution < 1.29 is 4.79 Å². The van der Waals surface area contributed by atoms with Crippen molar-refractivity contribution in [1.82, 2.24) is 9.97 Å². The van der Waals surface area contributed by atoms with E-state index in [1.807, 2.05) is 0 Å². The van der Waals surface area contributed by atoms with Gasteiger partial charge in [0.2, 0.25) is 5.91 Å². The molecule has 0 aliphatic carbocycles. The first-order chi connectivity index (χ1) is 7.63. The van der Waals surface area contributed by atoms with E-state index in [1.165, 1.54) is 11.2 Å². The normalized spacial score (nSPS) is 19.9. The van der Waals surface area contributed by atoms with Crippen molar-refractivity contribution in [1.29, 1.82) is 0 Å². The average Bonchev–Trinajstić information content (AvgIpc) is 2.60. The van der Waals surface area contributed by atoms with E-state index in [0.29, 0.717) is 18.7 Å². The first-order valence-electron chi connectivity index (χ1n) is 4.56. The van der Waals surface area contributed by atoms with Gasteiger partial charge in [0.1, 0.15) is 12.0 Å². The van der Waals surface area contributed by atoms with E-state index in [2.05, 4.69) is 15.9 Å². The van der Waals surface area contributed by atoms with E-state index >= 15 is 0 Å². The summed E-state index contributed by atoms with van der Waals surface area (Å²) in [6.45, 7) is 0.405. The Labute approximate surface area is 103 Å². The Bertz CT molecular complexity index is 463. The summed E-state index contributed by atoms with van der Waals surface area (Å²) < 4.78 is 0. The number of hydrogen-bond acceptors (Lipinski definition) is 3. The Kier molecular flexibility index (Phi) is 2.99. The third-order valence-corrected chi connectivity index (χ3v) is 2.92. The summed E-state index contributed by atoms with van der Waals surface area (Å²) in [4.78, 5) is 20.7. The second-order valence-corrected chi connectivity index (χ2v) is 4.09. The molecule has 0 bridgehead atoms. The van der Waals surface area contributed by atoms with Crippen LogP contribution >= 0.6 is 23.2 Å². The Morgan fingerprint density at radius 3 is 2.56 bits per heavy atom. The largest absolute Gasteiger partial charge is 0.306 e. The van der Waals surface area contributed by atoms with E-state index in [-0.39, 0.29) is 22.1 Å². The van der Waals surface area contributed by atoms with Gasteiger partial charge in [-0.15, -0.1) is 12.3 Å². The summed E-state index contributed by atoms with van der Waals surface area (Å²) >= 11 is 11.8. The lowest BCUT2D eigenvalue weighted by atomic mass is 10.1. The molecule has 1 aliphatic rings. The first kappa shape index (κ1) is 11.2. The fraction of sp³-hybridized carbons (Fsp3) is 0.300. The molecule has 6 heteroatoms. The Morgan fingerprint density at radius 1 is 1.44 bits per heavy atom. The summed E-state index contributed by atoms with van der Waals surface area (Å²) in [6, 6.07) is 0. The Hall–Kier alpha value is -1.31. The molecule has 0 spiro atoms. The van der Waals surface area contributed by atoms with Crippen LogP contribution in [-0.4, -0.2) is 22.4 Å². The highest BCUT2D eigenvalue weighted by Crippen LogP contribution is 2.34.